The predicted octanol–water partition coefficient (Wildman–Crippen LogP) is 2.22. The maximum atomic E-state index is 14.0. The van der Waals surface area contributed by atoms with E-state index in [4.69, 9.17) is 5.73 Å². The molecule has 3 heteroatoms. The zero-order valence-electron chi connectivity index (χ0n) is 8.89. The van der Waals surface area contributed by atoms with Crippen molar-refractivity contribution in [3.63, 3.8) is 0 Å². The molecule has 0 amide bonds. The molecule has 1 fully saturated rings. The van der Waals surface area contributed by atoms with Crippen molar-refractivity contribution in [3.05, 3.63) is 29.1 Å². The van der Waals surface area contributed by atoms with Crippen molar-refractivity contribution in [1.29, 1.82) is 0 Å². The molecule has 0 atom stereocenters. The monoisotopic (exact) mass is 209 g/mol. The maximum absolute atomic E-state index is 14.0. The van der Waals surface area contributed by atoms with Gasteiger partial charge in [-0.25, -0.2) is 4.39 Å². The van der Waals surface area contributed by atoms with E-state index in [2.05, 4.69) is 0 Å². The number of nitrogens with two attached hydrogens (primary N) is 1. The summed E-state index contributed by atoms with van der Waals surface area (Å²) < 4.78 is 14.0. The maximum Gasteiger partial charge on any atom is 0.133 e. The van der Waals surface area contributed by atoms with Crippen molar-refractivity contribution < 1.29 is 9.50 Å². The van der Waals surface area contributed by atoms with Crippen molar-refractivity contribution >= 4 is 0 Å². The summed E-state index contributed by atoms with van der Waals surface area (Å²) in [6.07, 6.45) is 2.80. The minimum Gasteiger partial charge on any atom is -0.508 e. The van der Waals surface area contributed by atoms with Crippen molar-refractivity contribution in [1.82, 2.24) is 0 Å². The van der Waals surface area contributed by atoms with E-state index in [-0.39, 0.29) is 17.0 Å². The van der Waals surface area contributed by atoms with Gasteiger partial charge in [0.05, 0.1) is 0 Å². The van der Waals surface area contributed by atoms with Crippen LogP contribution in [0.25, 0.3) is 0 Å². The van der Waals surface area contributed by atoms with E-state index in [1.54, 1.807) is 19.1 Å². The van der Waals surface area contributed by atoms with Gasteiger partial charge in [0, 0.05) is 17.5 Å². The molecule has 2 rings (SSSR count). The van der Waals surface area contributed by atoms with Gasteiger partial charge in [0.2, 0.25) is 0 Å². The van der Waals surface area contributed by atoms with E-state index in [0.717, 1.165) is 19.3 Å². The van der Waals surface area contributed by atoms with E-state index < -0.39 is 0 Å². The molecule has 1 aliphatic carbocycles. The first-order chi connectivity index (χ1) is 7.10. The third-order valence-corrected chi connectivity index (χ3v) is 3.54. The number of aromatic hydroxyl groups is 1. The highest BCUT2D eigenvalue weighted by Crippen LogP contribution is 2.47. The highest BCUT2D eigenvalue weighted by atomic mass is 19.1. The van der Waals surface area contributed by atoms with Crippen molar-refractivity contribution in [3.8, 4) is 5.75 Å². The van der Waals surface area contributed by atoms with Crippen LogP contribution in [0.5, 0.6) is 5.75 Å². The van der Waals surface area contributed by atoms with Gasteiger partial charge >= 0.3 is 0 Å². The predicted molar refractivity (Wildman–Crippen MR) is 57.4 cm³/mol. The van der Waals surface area contributed by atoms with Crippen LogP contribution in [0.3, 0.4) is 0 Å². The van der Waals surface area contributed by atoms with Crippen LogP contribution in [0, 0.1) is 12.7 Å². The molecule has 1 aromatic carbocycles. The first-order valence-corrected chi connectivity index (χ1v) is 5.29. The van der Waals surface area contributed by atoms with E-state index in [1.807, 2.05) is 0 Å². The summed E-state index contributed by atoms with van der Waals surface area (Å²) in [7, 11) is 0. The molecule has 0 bridgehead atoms. The lowest BCUT2D eigenvalue weighted by Gasteiger charge is -2.42. The average Bonchev–Trinajstić information content (AvgIpc) is 2.16. The van der Waals surface area contributed by atoms with Crippen LogP contribution in [-0.2, 0) is 5.41 Å². The third-order valence-electron chi connectivity index (χ3n) is 3.54. The molecule has 0 aliphatic heterocycles. The Kier molecular flexibility index (Phi) is 2.43. The Labute approximate surface area is 88.9 Å². The van der Waals surface area contributed by atoms with Crippen LogP contribution >= 0.6 is 0 Å². The van der Waals surface area contributed by atoms with Gasteiger partial charge < -0.3 is 10.8 Å². The fourth-order valence-corrected chi connectivity index (χ4v) is 2.33. The fraction of sp³-hybridized carbons (Fsp3) is 0.500. The molecule has 2 nitrogen and oxygen atoms in total. The van der Waals surface area contributed by atoms with E-state index >= 15 is 0 Å². The molecule has 0 aromatic heterocycles. The second-order valence-corrected chi connectivity index (χ2v) is 4.43. The molecule has 3 N–H and O–H groups in total. The number of phenolic OH excluding ortho intramolecular Hbond substituents is 1. The van der Waals surface area contributed by atoms with Crippen LogP contribution in [0.4, 0.5) is 4.39 Å². The lowest BCUT2D eigenvalue weighted by molar-refractivity contribution is 0.236. The minimum absolute atomic E-state index is 0.0447. The topological polar surface area (TPSA) is 46.2 Å². The zero-order valence-corrected chi connectivity index (χ0v) is 8.89. The van der Waals surface area contributed by atoms with Gasteiger partial charge in [-0.05, 0) is 31.4 Å². The number of aryl methyl sites for hydroxylation is 1. The lowest BCUT2D eigenvalue weighted by atomic mass is 9.64. The number of benzene rings is 1. The summed E-state index contributed by atoms with van der Waals surface area (Å²) in [5.74, 6) is -0.247. The number of phenols is 1. The van der Waals surface area contributed by atoms with Gasteiger partial charge in [0.15, 0.2) is 0 Å². The van der Waals surface area contributed by atoms with Gasteiger partial charge in [-0.15, -0.1) is 0 Å². The van der Waals surface area contributed by atoms with Gasteiger partial charge in [0.1, 0.15) is 11.6 Å². The van der Waals surface area contributed by atoms with Crippen LogP contribution in [0.15, 0.2) is 12.1 Å². The summed E-state index contributed by atoms with van der Waals surface area (Å²) in [5.41, 5.74) is 6.39. The molecular weight excluding hydrogens is 193 g/mol. The molecule has 0 unspecified atom stereocenters. The standard InChI is InChI=1S/C12H16FNO/c1-8-3-4-9(15)10(11(8)13)12(7-14)5-2-6-12/h3-4,15H,2,5-7,14H2,1H3. The lowest BCUT2D eigenvalue weighted by Crippen LogP contribution is -2.42. The molecule has 15 heavy (non-hydrogen) atoms. The van der Waals surface area contributed by atoms with Gasteiger partial charge in [-0.1, -0.05) is 12.5 Å². The van der Waals surface area contributed by atoms with Crippen molar-refractivity contribution in [2.24, 2.45) is 5.73 Å². The van der Waals surface area contributed by atoms with Crippen LogP contribution < -0.4 is 5.73 Å². The minimum atomic E-state index is -0.319. The number of hydrogen-bond donors (Lipinski definition) is 2. The first kappa shape index (κ1) is 10.4. The number of rotatable bonds is 2. The molecule has 1 aliphatic rings. The highest BCUT2D eigenvalue weighted by Gasteiger charge is 2.41. The Morgan fingerprint density at radius 3 is 2.60 bits per heavy atom. The molecule has 0 saturated heterocycles. The smallest absolute Gasteiger partial charge is 0.133 e. The molecule has 0 heterocycles. The second-order valence-electron chi connectivity index (χ2n) is 4.43. The summed E-state index contributed by atoms with van der Waals surface area (Å²) in [6.45, 7) is 2.11. The first-order valence-electron chi connectivity index (χ1n) is 5.29. The molecule has 0 radical (unpaired) electrons. The number of hydrogen-bond acceptors (Lipinski definition) is 2. The summed E-state index contributed by atoms with van der Waals surface area (Å²) >= 11 is 0. The van der Waals surface area contributed by atoms with Crippen LogP contribution in [0.1, 0.15) is 30.4 Å². The van der Waals surface area contributed by atoms with Gasteiger partial charge in [-0.3, -0.25) is 0 Å². The quantitative estimate of drug-likeness (QED) is 0.784. The largest absolute Gasteiger partial charge is 0.508 e. The summed E-state index contributed by atoms with van der Waals surface area (Å²) in [6, 6.07) is 3.15. The Hall–Kier alpha value is -1.09. The van der Waals surface area contributed by atoms with Gasteiger partial charge in [0.25, 0.3) is 0 Å². The summed E-state index contributed by atoms with van der Waals surface area (Å²) in [4.78, 5) is 0. The summed E-state index contributed by atoms with van der Waals surface area (Å²) in [5, 5.41) is 9.75. The SMILES string of the molecule is Cc1ccc(O)c(C2(CN)CCC2)c1F. The Morgan fingerprint density at radius 2 is 2.13 bits per heavy atom. The average molecular weight is 209 g/mol. The molecule has 0 spiro atoms. The van der Waals surface area contributed by atoms with E-state index in [0.29, 0.717) is 17.7 Å². The Morgan fingerprint density at radius 1 is 1.47 bits per heavy atom. The Balaban J connectivity index is 2.55. The van der Waals surface area contributed by atoms with E-state index in [1.165, 1.54) is 0 Å². The molecule has 82 valence electrons. The normalized spacial score (nSPS) is 18.6. The second kappa shape index (κ2) is 3.49. The van der Waals surface area contributed by atoms with Crippen molar-refractivity contribution in [2.45, 2.75) is 31.6 Å². The highest BCUT2D eigenvalue weighted by molar-refractivity contribution is 5.44. The Bertz CT molecular complexity index is 380. The third kappa shape index (κ3) is 1.42. The van der Waals surface area contributed by atoms with E-state index in [9.17, 15) is 9.50 Å². The molecule has 1 aromatic rings. The van der Waals surface area contributed by atoms with Gasteiger partial charge in [-0.2, -0.15) is 0 Å². The number of halogens is 1. The fourth-order valence-electron chi connectivity index (χ4n) is 2.33. The van der Waals surface area contributed by atoms with Crippen LogP contribution in [0.2, 0.25) is 0 Å². The van der Waals surface area contributed by atoms with Crippen LogP contribution in [-0.4, -0.2) is 11.7 Å². The molecular formula is C12H16FNO. The van der Waals surface area contributed by atoms with Crippen molar-refractivity contribution in [2.75, 3.05) is 6.54 Å². The molecule has 1 saturated carbocycles. The zero-order chi connectivity index (χ0) is 11.1.